The fraction of sp³-hybridized carbons (Fsp3) is 0.381. The Balaban J connectivity index is 1.88. The number of benzene rings is 2. The molecule has 0 atom stereocenters. The van der Waals surface area contributed by atoms with Crippen LogP contribution in [0, 0.1) is 5.82 Å². The van der Waals surface area contributed by atoms with Crippen LogP contribution in [0.5, 0.6) is 5.75 Å². The number of halogens is 5. The summed E-state index contributed by atoms with van der Waals surface area (Å²) in [5.74, 6) is -5.47. The average molecular weight is 414 g/mol. The van der Waals surface area contributed by atoms with Gasteiger partial charge in [-0.3, -0.25) is 4.79 Å². The molecule has 0 spiro atoms. The summed E-state index contributed by atoms with van der Waals surface area (Å²) in [6, 6.07) is 11.9. The van der Waals surface area contributed by atoms with Crippen molar-refractivity contribution in [2.24, 2.45) is 0 Å². The maximum Gasteiger partial charge on any atom is 0.387 e. The van der Waals surface area contributed by atoms with E-state index in [4.69, 9.17) is 4.74 Å². The van der Waals surface area contributed by atoms with E-state index in [-0.39, 0.29) is 25.0 Å². The molecule has 3 nitrogen and oxygen atoms in total. The molecule has 3 rings (SSSR count). The van der Waals surface area contributed by atoms with Crippen molar-refractivity contribution >= 4 is 5.97 Å². The van der Waals surface area contributed by atoms with E-state index < -0.39 is 48.3 Å². The van der Waals surface area contributed by atoms with Gasteiger partial charge in [-0.15, -0.1) is 0 Å². The van der Waals surface area contributed by atoms with Gasteiger partial charge in [0.1, 0.15) is 6.61 Å². The molecular formula is C21H19F5O3. The van der Waals surface area contributed by atoms with Crippen molar-refractivity contribution in [1.82, 2.24) is 0 Å². The Morgan fingerprint density at radius 2 is 1.66 bits per heavy atom. The van der Waals surface area contributed by atoms with E-state index in [2.05, 4.69) is 4.74 Å². The van der Waals surface area contributed by atoms with Gasteiger partial charge in [0.05, 0.1) is 5.41 Å². The molecule has 0 amide bonds. The highest BCUT2D eigenvalue weighted by Crippen LogP contribution is 2.47. The van der Waals surface area contributed by atoms with Crippen LogP contribution in [0.2, 0.25) is 0 Å². The summed E-state index contributed by atoms with van der Waals surface area (Å²) in [6.45, 7) is -3.28. The van der Waals surface area contributed by atoms with Crippen molar-refractivity contribution in [3.8, 4) is 5.75 Å². The van der Waals surface area contributed by atoms with Crippen molar-refractivity contribution in [3.05, 3.63) is 65.5 Å². The van der Waals surface area contributed by atoms with Crippen molar-refractivity contribution in [3.63, 3.8) is 0 Å². The van der Waals surface area contributed by atoms with Crippen LogP contribution < -0.4 is 4.74 Å². The smallest absolute Gasteiger partial charge is 0.387 e. The third-order valence-corrected chi connectivity index (χ3v) is 5.14. The molecule has 1 aliphatic rings. The summed E-state index contributed by atoms with van der Waals surface area (Å²) in [7, 11) is 0. The summed E-state index contributed by atoms with van der Waals surface area (Å²) in [4.78, 5) is 12.9. The number of rotatable bonds is 6. The number of ether oxygens (including phenoxy) is 2. The van der Waals surface area contributed by atoms with Gasteiger partial charge >= 0.3 is 12.6 Å². The molecule has 2 aromatic carbocycles. The van der Waals surface area contributed by atoms with Gasteiger partial charge in [0.2, 0.25) is 5.92 Å². The highest BCUT2D eigenvalue weighted by molar-refractivity contribution is 5.83. The van der Waals surface area contributed by atoms with Crippen LogP contribution in [0.25, 0.3) is 0 Å². The molecular weight excluding hydrogens is 395 g/mol. The van der Waals surface area contributed by atoms with Gasteiger partial charge in [-0.1, -0.05) is 36.4 Å². The molecule has 1 aliphatic carbocycles. The number of alkyl halides is 4. The summed E-state index contributed by atoms with van der Waals surface area (Å²) >= 11 is 0. The Morgan fingerprint density at radius 3 is 2.24 bits per heavy atom. The van der Waals surface area contributed by atoms with E-state index in [1.54, 1.807) is 30.3 Å². The van der Waals surface area contributed by atoms with Crippen LogP contribution in [0.15, 0.2) is 48.5 Å². The van der Waals surface area contributed by atoms with Crippen LogP contribution in [0.3, 0.4) is 0 Å². The highest BCUT2D eigenvalue weighted by Gasteiger charge is 2.50. The van der Waals surface area contributed by atoms with Crippen molar-refractivity contribution in [2.45, 2.75) is 50.2 Å². The number of carbonyl (C=O) groups is 1. The van der Waals surface area contributed by atoms with E-state index >= 15 is 0 Å². The van der Waals surface area contributed by atoms with Gasteiger partial charge in [-0.2, -0.15) is 8.78 Å². The largest absolute Gasteiger partial charge is 0.460 e. The first kappa shape index (κ1) is 21.1. The summed E-state index contributed by atoms with van der Waals surface area (Å²) in [5.41, 5.74) is -0.671. The third-order valence-electron chi connectivity index (χ3n) is 5.14. The van der Waals surface area contributed by atoms with Crippen molar-refractivity contribution in [1.29, 1.82) is 0 Å². The molecule has 0 N–H and O–H groups in total. The van der Waals surface area contributed by atoms with Gasteiger partial charge in [0, 0.05) is 12.8 Å². The Kier molecular flexibility index (Phi) is 6.10. The third kappa shape index (κ3) is 4.86. The van der Waals surface area contributed by atoms with Gasteiger partial charge in [-0.25, -0.2) is 13.2 Å². The van der Waals surface area contributed by atoms with Gasteiger partial charge in [0.15, 0.2) is 11.6 Å². The zero-order valence-corrected chi connectivity index (χ0v) is 15.3. The van der Waals surface area contributed by atoms with E-state index in [0.29, 0.717) is 5.56 Å². The van der Waals surface area contributed by atoms with Crippen LogP contribution in [-0.2, 0) is 21.6 Å². The van der Waals surface area contributed by atoms with Crippen LogP contribution >= 0.6 is 0 Å². The number of hydrogen-bond acceptors (Lipinski definition) is 3. The first-order valence-corrected chi connectivity index (χ1v) is 9.06. The minimum Gasteiger partial charge on any atom is -0.460 e. The topological polar surface area (TPSA) is 35.5 Å². The number of carbonyl (C=O) groups excluding carboxylic acids is 1. The maximum absolute atomic E-state index is 14.2. The SMILES string of the molecule is O=C(OCc1ccccc1)C1(c2ccc(OC(F)F)c(F)c2)CCC(F)(F)CC1. The lowest BCUT2D eigenvalue weighted by atomic mass is 9.68. The van der Waals surface area contributed by atoms with Crippen LogP contribution in [-0.4, -0.2) is 18.5 Å². The standard InChI is InChI=1S/C21H19F5O3/c22-16-12-15(6-7-17(16)29-19(23)24)20(8-10-21(25,26)11-9-20)18(27)28-13-14-4-2-1-3-5-14/h1-7,12,19H,8-11,13H2. The molecule has 29 heavy (non-hydrogen) atoms. The van der Waals surface area contributed by atoms with Gasteiger partial charge < -0.3 is 9.47 Å². The normalized spacial score (nSPS) is 17.7. The monoisotopic (exact) mass is 414 g/mol. The molecule has 1 saturated carbocycles. The second-order valence-electron chi connectivity index (χ2n) is 7.02. The molecule has 0 saturated heterocycles. The van der Waals surface area contributed by atoms with Crippen molar-refractivity contribution < 1.29 is 36.2 Å². The van der Waals surface area contributed by atoms with Crippen molar-refractivity contribution in [2.75, 3.05) is 0 Å². The van der Waals surface area contributed by atoms with Gasteiger partial charge in [0.25, 0.3) is 0 Å². The summed E-state index contributed by atoms with van der Waals surface area (Å²) in [5, 5.41) is 0. The average Bonchev–Trinajstić information content (AvgIpc) is 2.68. The zero-order valence-electron chi connectivity index (χ0n) is 15.3. The molecule has 0 aliphatic heterocycles. The predicted molar refractivity (Wildman–Crippen MR) is 94.4 cm³/mol. The molecule has 0 heterocycles. The van der Waals surface area contributed by atoms with Crippen LogP contribution in [0.4, 0.5) is 22.0 Å². The van der Waals surface area contributed by atoms with E-state index in [1.807, 2.05) is 0 Å². The second kappa shape index (κ2) is 8.39. The molecule has 8 heteroatoms. The Morgan fingerprint density at radius 1 is 1.00 bits per heavy atom. The molecule has 0 aromatic heterocycles. The van der Waals surface area contributed by atoms with E-state index in [9.17, 15) is 26.7 Å². The lowest BCUT2D eigenvalue weighted by Gasteiger charge is -2.38. The lowest BCUT2D eigenvalue weighted by Crippen LogP contribution is -2.43. The maximum atomic E-state index is 14.2. The van der Waals surface area contributed by atoms with E-state index in [0.717, 1.165) is 12.1 Å². The first-order chi connectivity index (χ1) is 13.7. The zero-order chi connectivity index (χ0) is 21.1. The first-order valence-electron chi connectivity index (χ1n) is 9.06. The molecule has 0 radical (unpaired) electrons. The fourth-order valence-corrected chi connectivity index (χ4v) is 3.50. The molecule has 1 fully saturated rings. The second-order valence-corrected chi connectivity index (χ2v) is 7.02. The lowest BCUT2D eigenvalue weighted by molar-refractivity contribution is -0.157. The Labute approximate surface area is 164 Å². The van der Waals surface area contributed by atoms with Crippen LogP contribution in [0.1, 0.15) is 36.8 Å². The molecule has 2 aromatic rings. The predicted octanol–water partition coefficient (Wildman–Crippen LogP) is 5.62. The summed E-state index contributed by atoms with van der Waals surface area (Å²) in [6.07, 6.45) is -1.63. The number of esters is 1. The molecule has 0 unspecified atom stereocenters. The minimum atomic E-state index is -3.21. The fourth-order valence-electron chi connectivity index (χ4n) is 3.50. The summed E-state index contributed by atoms with van der Waals surface area (Å²) < 4.78 is 75.9. The highest BCUT2D eigenvalue weighted by atomic mass is 19.3. The molecule has 156 valence electrons. The van der Waals surface area contributed by atoms with E-state index in [1.165, 1.54) is 6.07 Å². The molecule has 0 bridgehead atoms. The Hall–Kier alpha value is -2.64. The number of hydrogen-bond donors (Lipinski definition) is 0. The van der Waals surface area contributed by atoms with Gasteiger partial charge in [-0.05, 0) is 36.1 Å². The quantitative estimate of drug-likeness (QED) is 0.455. The minimum absolute atomic E-state index is 0.0626. The Bertz CT molecular complexity index is 845.